The van der Waals surface area contributed by atoms with Gasteiger partial charge in [0, 0.05) is 0 Å². The molecule has 1 heterocycles. The molecule has 64 valence electrons. The molecule has 0 radical (unpaired) electrons. The highest BCUT2D eigenvalue weighted by Gasteiger charge is 2.59. The summed E-state index contributed by atoms with van der Waals surface area (Å²) in [4.78, 5) is 22.4. The Morgan fingerprint density at radius 1 is 1.00 bits per heavy atom. The van der Waals surface area contributed by atoms with Gasteiger partial charge in [0.2, 0.25) is 0 Å². The minimum absolute atomic E-state index is 0.0590. The lowest BCUT2D eigenvalue weighted by Crippen LogP contribution is -2.24. The number of carbonyl (C=O) groups excluding carboxylic acids is 2. The van der Waals surface area contributed by atoms with Crippen LogP contribution in [0.1, 0.15) is 19.3 Å². The monoisotopic (exact) mass is 166 g/mol. The Kier molecular flexibility index (Phi) is 1.05. The summed E-state index contributed by atoms with van der Waals surface area (Å²) in [6.45, 7) is 0. The summed E-state index contributed by atoms with van der Waals surface area (Å²) in [7, 11) is 0. The molecule has 2 aliphatic carbocycles. The van der Waals surface area contributed by atoms with E-state index in [0.29, 0.717) is 11.8 Å². The number of rotatable bonds is 0. The van der Waals surface area contributed by atoms with Crippen LogP contribution < -0.4 is 0 Å². The molecule has 3 heteroatoms. The van der Waals surface area contributed by atoms with Crippen LogP contribution in [0.4, 0.5) is 0 Å². The molecule has 12 heavy (non-hydrogen) atoms. The molecule has 3 rings (SSSR count). The molecule has 0 aromatic rings. The average Bonchev–Trinajstić information content (AvgIpc) is 2.64. The first-order chi connectivity index (χ1) is 5.77. The number of fused-ring (bicyclic) bond motifs is 5. The first-order valence-electron chi connectivity index (χ1n) is 4.53. The second-order valence-electron chi connectivity index (χ2n) is 4.12. The lowest BCUT2D eigenvalue weighted by atomic mass is 9.81. The van der Waals surface area contributed by atoms with Gasteiger partial charge in [-0.2, -0.15) is 0 Å². The summed E-state index contributed by atoms with van der Waals surface area (Å²) >= 11 is 0. The van der Waals surface area contributed by atoms with Crippen molar-refractivity contribution in [2.45, 2.75) is 19.3 Å². The molecule has 3 fully saturated rings. The fourth-order valence-corrected chi connectivity index (χ4v) is 3.20. The number of hydrogen-bond donors (Lipinski definition) is 0. The molecule has 2 saturated carbocycles. The van der Waals surface area contributed by atoms with E-state index in [-0.39, 0.29) is 23.8 Å². The van der Waals surface area contributed by atoms with Crippen molar-refractivity contribution in [1.82, 2.24) is 0 Å². The number of cyclic esters (lactones) is 2. The zero-order chi connectivity index (χ0) is 8.29. The van der Waals surface area contributed by atoms with Crippen molar-refractivity contribution in [2.75, 3.05) is 0 Å². The van der Waals surface area contributed by atoms with Gasteiger partial charge in [0.05, 0.1) is 11.8 Å². The van der Waals surface area contributed by atoms with Gasteiger partial charge < -0.3 is 4.74 Å². The van der Waals surface area contributed by atoms with Crippen molar-refractivity contribution in [3.05, 3.63) is 0 Å². The highest BCUT2D eigenvalue weighted by Crippen LogP contribution is 2.55. The van der Waals surface area contributed by atoms with Crippen molar-refractivity contribution >= 4 is 11.9 Å². The van der Waals surface area contributed by atoms with Crippen LogP contribution in [0.15, 0.2) is 0 Å². The Morgan fingerprint density at radius 3 is 2.00 bits per heavy atom. The number of carbonyl (C=O) groups is 2. The Bertz CT molecular complexity index is 245. The smallest absolute Gasteiger partial charge is 0.317 e. The standard InChI is InChI=1S/C9H10O3/c10-8-6-4-1-2-5(3-4)7(6)9(11)12-8/h4-7H,1-3H2/t4-,5+,6+,7-. The van der Waals surface area contributed by atoms with Crippen LogP contribution in [0.3, 0.4) is 0 Å². The van der Waals surface area contributed by atoms with Gasteiger partial charge in [0.1, 0.15) is 0 Å². The lowest BCUT2D eigenvalue weighted by Gasteiger charge is -2.17. The predicted octanol–water partition coefficient (Wildman–Crippen LogP) is 0.732. The summed E-state index contributed by atoms with van der Waals surface area (Å²) in [5, 5.41) is 0. The summed E-state index contributed by atoms with van der Waals surface area (Å²) in [6, 6.07) is 0. The second-order valence-corrected chi connectivity index (χ2v) is 4.12. The van der Waals surface area contributed by atoms with Gasteiger partial charge >= 0.3 is 11.9 Å². The summed E-state index contributed by atoms with van der Waals surface area (Å²) in [6.07, 6.45) is 3.32. The molecular formula is C9H10O3. The van der Waals surface area contributed by atoms with E-state index in [9.17, 15) is 9.59 Å². The van der Waals surface area contributed by atoms with Gasteiger partial charge in [-0.25, -0.2) is 0 Å². The molecule has 1 saturated heterocycles. The van der Waals surface area contributed by atoms with E-state index in [1.54, 1.807) is 0 Å². The zero-order valence-corrected chi connectivity index (χ0v) is 6.66. The van der Waals surface area contributed by atoms with Crippen molar-refractivity contribution in [2.24, 2.45) is 23.7 Å². The van der Waals surface area contributed by atoms with Crippen molar-refractivity contribution in [1.29, 1.82) is 0 Å². The van der Waals surface area contributed by atoms with Gasteiger partial charge in [-0.3, -0.25) is 9.59 Å². The van der Waals surface area contributed by atoms with E-state index < -0.39 is 0 Å². The predicted molar refractivity (Wildman–Crippen MR) is 38.9 cm³/mol. The van der Waals surface area contributed by atoms with E-state index in [1.807, 2.05) is 0 Å². The normalized spacial score (nSPS) is 49.7. The maximum Gasteiger partial charge on any atom is 0.317 e. The van der Waals surface area contributed by atoms with Crippen molar-refractivity contribution in [3.8, 4) is 0 Å². The summed E-state index contributed by atoms with van der Waals surface area (Å²) in [5.74, 6) is 0.291. The van der Waals surface area contributed by atoms with E-state index in [1.165, 1.54) is 0 Å². The molecular weight excluding hydrogens is 156 g/mol. The van der Waals surface area contributed by atoms with Crippen LogP contribution in [0.5, 0.6) is 0 Å². The fraction of sp³-hybridized carbons (Fsp3) is 0.778. The number of esters is 2. The quantitative estimate of drug-likeness (QED) is 0.393. The van der Waals surface area contributed by atoms with Crippen LogP contribution in [0.25, 0.3) is 0 Å². The fourth-order valence-electron chi connectivity index (χ4n) is 3.20. The summed E-state index contributed by atoms with van der Waals surface area (Å²) in [5.41, 5.74) is 0. The van der Waals surface area contributed by atoms with Crippen LogP contribution in [-0.2, 0) is 14.3 Å². The molecule has 0 N–H and O–H groups in total. The van der Waals surface area contributed by atoms with Crippen molar-refractivity contribution in [3.63, 3.8) is 0 Å². The Labute approximate surface area is 70.1 Å². The molecule has 1 aliphatic heterocycles. The van der Waals surface area contributed by atoms with Gasteiger partial charge in [-0.05, 0) is 31.1 Å². The van der Waals surface area contributed by atoms with E-state index in [0.717, 1.165) is 19.3 Å². The van der Waals surface area contributed by atoms with E-state index >= 15 is 0 Å². The Hall–Kier alpha value is -0.860. The van der Waals surface area contributed by atoms with Gasteiger partial charge in [-0.1, -0.05) is 0 Å². The highest BCUT2D eigenvalue weighted by molar-refractivity contribution is 5.97. The van der Waals surface area contributed by atoms with Crippen LogP contribution >= 0.6 is 0 Å². The largest absolute Gasteiger partial charge is 0.393 e. The van der Waals surface area contributed by atoms with Crippen LogP contribution in [0, 0.1) is 23.7 Å². The van der Waals surface area contributed by atoms with E-state index in [4.69, 9.17) is 0 Å². The molecule has 0 aromatic heterocycles. The molecule has 3 aliphatic rings. The maximum atomic E-state index is 11.2. The SMILES string of the molecule is O=C1OC(=O)[C@H]2[C@@H]3CC[C@@H](C3)[C@@H]12. The maximum absolute atomic E-state index is 11.2. The number of ether oxygens (including phenoxy) is 1. The van der Waals surface area contributed by atoms with Gasteiger partial charge in [-0.15, -0.1) is 0 Å². The molecule has 2 bridgehead atoms. The molecule has 3 nitrogen and oxygen atoms in total. The average molecular weight is 166 g/mol. The third-order valence-corrected chi connectivity index (χ3v) is 3.66. The zero-order valence-electron chi connectivity index (χ0n) is 6.66. The van der Waals surface area contributed by atoms with Crippen LogP contribution in [0.2, 0.25) is 0 Å². The number of hydrogen-bond acceptors (Lipinski definition) is 3. The second kappa shape index (κ2) is 1.90. The third-order valence-electron chi connectivity index (χ3n) is 3.66. The van der Waals surface area contributed by atoms with E-state index in [2.05, 4.69) is 4.74 Å². The molecule has 0 amide bonds. The minimum Gasteiger partial charge on any atom is -0.393 e. The minimum atomic E-state index is -0.253. The first-order valence-corrected chi connectivity index (χ1v) is 4.53. The molecule has 0 unspecified atom stereocenters. The van der Waals surface area contributed by atoms with Crippen molar-refractivity contribution < 1.29 is 14.3 Å². The third kappa shape index (κ3) is 0.586. The topological polar surface area (TPSA) is 43.4 Å². The molecule has 4 atom stereocenters. The van der Waals surface area contributed by atoms with Crippen LogP contribution in [-0.4, -0.2) is 11.9 Å². The lowest BCUT2D eigenvalue weighted by molar-refractivity contribution is -0.154. The molecule has 0 spiro atoms. The molecule has 0 aromatic carbocycles. The highest BCUT2D eigenvalue weighted by atomic mass is 16.6. The summed E-state index contributed by atoms with van der Waals surface area (Å²) < 4.78 is 4.63. The Balaban J connectivity index is 2.03. The Morgan fingerprint density at radius 2 is 1.50 bits per heavy atom. The van der Waals surface area contributed by atoms with Gasteiger partial charge in [0.25, 0.3) is 0 Å². The first kappa shape index (κ1) is 6.63. The van der Waals surface area contributed by atoms with Gasteiger partial charge in [0.15, 0.2) is 0 Å².